The van der Waals surface area contributed by atoms with E-state index in [1.807, 2.05) is 0 Å². The van der Waals surface area contributed by atoms with Crippen LogP contribution in [-0.2, 0) is 9.47 Å². The van der Waals surface area contributed by atoms with Crippen LogP contribution in [0.3, 0.4) is 0 Å². The van der Waals surface area contributed by atoms with Gasteiger partial charge in [0, 0.05) is 0 Å². The van der Waals surface area contributed by atoms with Gasteiger partial charge in [0.25, 0.3) is 0 Å². The lowest BCUT2D eigenvalue weighted by Gasteiger charge is -2.08. The molecule has 98 valence electrons. The fraction of sp³-hybridized carbons (Fsp3) is 0.273. The molecule has 0 aromatic heterocycles. The van der Waals surface area contributed by atoms with E-state index in [1.54, 1.807) is 24.3 Å². The number of nitrogens with one attached hydrogen (secondary N) is 2. The van der Waals surface area contributed by atoms with Gasteiger partial charge in [0.2, 0.25) is 0 Å². The Morgan fingerprint density at radius 1 is 1.28 bits per heavy atom. The standard InChI is InChI=1S/C11H13ClN2O4/c1-17-10(15)13-6-7-18-11(16)14-9-5-3-2-4-8(9)12/h2-5H,6-7H2,1H3,(H,13,15)(H,14,16). The maximum absolute atomic E-state index is 11.3. The monoisotopic (exact) mass is 272 g/mol. The first-order valence-corrected chi connectivity index (χ1v) is 5.51. The van der Waals surface area contributed by atoms with Gasteiger partial charge in [-0.2, -0.15) is 0 Å². The highest BCUT2D eigenvalue weighted by atomic mass is 35.5. The molecule has 0 saturated heterocycles. The molecule has 0 saturated carbocycles. The molecule has 2 amide bonds. The van der Waals surface area contributed by atoms with Gasteiger partial charge in [-0.3, -0.25) is 5.32 Å². The third kappa shape index (κ3) is 4.92. The number of anilines is 1. The number of para-hydroxylation sites is 1. The molecule has 0 aliphatic rings. The van der Waals surface area contributed by atoms with Gasteiger partial charge in [-0.15, -0.1) is 0 Å². The first-order chi connectivity index (χ1) is 8.63. The smallest absolute Gasteiger partial charge is 0.411 e. The molecule has 18 heavy (non-hydrogen) atoms. The lowest BCUT2D eigenvalue weighted by atomic mass is 10.3. The van der Waals surface area contributed by atoms with Crippen molar-refractivity contribution in [2.75, 3.05) is 25.6 Å². The van der Waals surface area contributed by atoms with Gasteiger partial charge < -0.3 is 14.8 Å². The molecule has 1 rings (SSSR count). The summed E-state index contributed by atoms with van der Waals surface area (Å²) in [7, 11) is 1.25. The number of hydrogen-bond acceptors (Lipinski definition) is 4. The summed E-state index contributed by atoms with van der Waals surface area (Å²) in [5.74, 6) is 0. The molecular weight excluding hydrogens is 260 g/mol. The summed E-state index contributed by atoms with van der Waals surface area (Å²) in [6, 6.07) is 6.78. The van der Waals surface area contributed by atoms with Gasteiger partial charge in [0.05, 0.1) is 24.4 Å². The summed E-state index contributed by atoms with van der Waals surface area (Å²) in [6.07, 6.45) is -1.22. The number of amides is 2. The molecule has 0 fully saturated rings. The van der Waals surface area contributed by atoms with E-state index in [2.05, 4.69) is 15.4 Å². The Hall–Kier alpha value is -1.95. The van der Waals surface area contributed by atoms with Crippen molar-refractivity contribution in [2.24, 2.45) is 0 Å². The van der Waals surface area contributed by atoms with Crippen LogP contribution < -0.4 is 10.6 Å². The molecule has 0 unspecified atom stereocenters. The van der Waals surface area contributed by atoms with Crippen LogP contribution in [0.15, 0.2) is 24.3 Å². The normalized spacial score (nSPS) is 9.44. The molecule has 0 spiro atoms. The average molecular weight is 273 g/mol. The van der Waals surface area contributed by atoms with Crippen molar-refractivity contribution in [1.29, 1.82) is 0 Å². The number of benzene rings is 1. The molecule has 0 bridgehead atoms. The zero-order chi connectivity index (χ0) is 13.4. The highest BCUT2D eigenvalue weighted by molar-refractivity contribution is 6.33. The van der Waals surface area contributed by atoms with Gasteiger partial charge in [-0.25, -0.2) is 9.59 Å². The Labute approximate surface area is 109 Å². The highest BCUT2D eigenvalue weighted by Crippen LogP contribution is 2.20. The largest absolute Gasteiger partial charge is 0.453 e. The van der Waals surface area contributed by atoms with Crippen LogP contribution in [-0.4, -0.2) is 32.4 Å². The molecular formula is C11H13ClN2O4. The van der Waals surface area contributed by atoms with Crippen LogP contribution in [0.1, 0.15) is 0 Å². The molecule has 1 aromatic carbocycles. The predicted molar refractivity (Wildman–Crippen MR) is 66.8 cm³/mol. The Kier molecular flexibility index (Phi) is 5.79. The van der Waals surface area contributed by atoms with Crippen LogP contribution in [0.4, 0.5) is 15.3 Å². The summed E-state index contributed by atoms with van der Waals surface area (Å²) in [5.41, 5.74) is 0.463. The lowest BCUT2D eigenvalue weighted by molar-refractivity contribution is 0.151. The molecule has 0 atom stereocenters. The van der Waals surface area contributed by atoms with Crippen molar-refractivity contribution in [2.45, 2.75) is 0 Å². The van der Waals surface area contributed by atoms with Gasteiger partial charge in [-0.1, -0.05) is 23.7 Å². The zero-order valence-corrected chi connectivity index (χ0v) is 10.5. The first-order valence-electron chi connectivity index (χ1n) is 5.13. The average Bonchev–Trinajstić information content (AvgIpc) is 2.37. The third-order valence-corrected chi connectivity index (χ3v) is 2.23. The number of carbonyl (C=O) groups excluding carboxylic acids is 2. The van der Waals surface area contributed by atoms with Crippen LogP contribution >= 0.6 is 11.6 Å². The fourth-order valence-corrected chi connectivity index (χ4v) is 1.26. The van der Waals surface area contributed by atoms with Crippen molar-refractivity contribution in [3.05, 3.63) is 29.3 Å². The zero-order valence-electron chi connectivity index (χ0n) is 9.73. The van der Waals surface area contributed by atoms with Gasteiger partial charge >= 0.3 is 12.2 Å². The van der Waals surface area contributed by atoms with Crippen LogP contribution in [0.2, 0.25) is 5.02 Å². The van der Waals surface area contributed by atoms with Crippen LogP contribution in [0.25, 0.3) is 0 Å². The van der Waals surface area contributed by atoms with Crippen molar-refractivity contribution < 1.29 is 19.1 Å². The predicted octanol–water partition coefficient (Wildman–Crippen LogP) is 2.24. The van der Waals surface area contributed by atoms with E-state index in [0.29, 0.717) is 10.7 Å². The molecule has 7 heteroatoms. The number of hydrogen-bond donors (Lipinski definition) is 2. The minimum atomic E-state index is -0.644. The summed E-state index contributed by atoms with van der Waals surface area (Å²) in [5, 5.41) is 5.26. The van der Waals surface area contributed by atoms with E-state index in [9.17, 15) is 9.59 Å². The third-order valence-electron chi connectivity index (χ3n) is 1.90. The summed E-state index contributed by atoms with van der Waals surface area (Å²) in [4.78, 5) is 22.0. The number of ether oxygens (including phenoxy) is 2. The minimum absolute atomic E-state index is 0.0331. The quantitative estimate of drug-likeness (QED) is 0.824. The Bertz CT molecular complexity index is 425. The maximum Gasteiger partial charge on any atom is 0.411 e. The van der Waals surface area contributed by atoms with E-state index in [0.717, 1.165) is 0 Å². The van der Waals surface area contributed by atoms with Crippen molar-refractivity contribution in [3.8, 4) is 0 Å². The van der Waals surface area contributed by atoms with E-state index in [4.69, 9.17) is 16.3 Å². The Balaban J connectivity index is 2.26. The number of rotatable bonds is 4. The first kappa shape index (κ1) is 14.1. The Morgan fingerprint density at radius 3 is 2.67 bits per heavy atom. The van der Waals surface area contributed by atoms with Crippen LogP contribution in [0.5, 0.6) is 0 Å². The van der Waals surface area contributed by atoms with Crippen LogP contribution in [0, 0.1) is 0 Å². The minimum Gasteiger partial charge on any atom is -0.453 e. The number of alkyl carbamates (subject to hydrolysis) is 1. The van der Waals surface area contributed by atoms with E-state index in [-0.39, 0.29) is 13.2 Å². The second kappa shape index (κ2) is 7.39. The van der Waals surface area contributed by atoms with Crippen molar-refractivity contribution >= 4 is 29.5 Å². The SMILES string of the molecule is COC(=O)NCCOC(=O)Nc1ccccc1Cl. The van der Waals surface area contributed by atoms with E-state index >= 15 is 0 Å². The summed E-state index contributed by atoms with van der Waals surface area (Å²) in [6.45, 7) is 0.202. The lowest BCUT2D eigenvalue weighted by Crippen LogP contribution is -2.28. The molecule has 0 heterocycles. The van der Waals surface area contributed by atoms with Gasteiger partial charge in [0.15, 0.2) is 0 Å². The summed E-state index contributed by atoms with van der Waals surface area (Å²) < 4.78 is 9.16. The van der Waals surface area contributed by atoms with Gasteiger partial charge in [-0.05, 0) is 12.1 Å². The van der Waals surface area contributed by atoms with Crippen molar-refractivity contribution in [1.82, 2.24) is 5.32 Å². The highest BCUT2D eigenvalue weighted by Gasteiger charge is 2.06. The Morgan fingerprint density at radius 2 is 2.00 bits per heavy atom. The number of halogens is 1. The van der Waals surface area contributed by atoms with Crippen molar-refractivity contribution in [3.63, 3.8) is 0 Å². The molecule has 1 aromatic rings. The second-order valence-electron chi connectivity index (χ2n) is 3.16. The second-order valence-corrected chi connectivity index (χ2v) is 3.57. The van der Waals surface area contributed by atoms with Gasteiger partial charge in [0.1, 0.15) is 6.61 Å². The molecule has 0 radical (unpaired) electrons. The molecule has 0 aliphatic heterocycles. The fourth-order valence-electron chi connectivity index (χ4n) is 1.08. The topological polar surface area (TPSA) is 76.7 Å². The summed E-state index contributed by atoms with van der Waals surface area (Å²) >= 11 is 5.85. The maximum atomic E-state index is 11.3. The number of methoxy groups -OCH3 is 1. The van der Waals surface area contributed by atoms with E-state index in [1.165, 1.54) is 7.11 Å². The molecule has 6 nitrogen and oxygen atoms in total. The molecule has 2 N–H and O–H groups in total. The number of carbonyl (C=O) groups is 2. The van der Waals surface area contributed by atoms with E-state index < -0.39 is 12.2 Å². The molecule has 0 aliphatic carbocycles.